The van der Waals surface area contributed by atoms with E-state index >= 15 is 0 Å². The molecule has 0 aliphatic rings. The zero-order chi connectivity index (χ0) is 26.9. The summed E-state index contributed by atoms with van der Waals surface area (Å²) in [6, 6.07) is 9.96. The fourth-order valence-electron chi connectivity index (χ4n) is 2.66. The first-order chi connectivity index (χ1) is 17.5. The van der Waals surface area contributed by atoms with Crippen molar-refractivity contribution in [2.75, 3.05) is 30.9 Å². The average molecular weight is 531 g/mol. The van der Waals surface area contributed by atoms with Crippen molar-refractivity contribution in [3.8, 4) is 11.5 Å². The number of benzene rings is 2. The maximum absolute atomic E-state index is 12.3. The predicted molar refractivity (Wildman–Crippen MR) is 118 cm³/mol. The Morgan fingerprint density at radius 2 is 1.35 bits per heavy atom. The van der Waals surface area contributed by atoms with Gasteiger partial charge < -0.3 is 24.8 Å². The summed E-state index contributed by atoms with van der Waals surface area (Å²) < 4.78 is 86.5. The van der Waals surface area contributed by atoms with Crippen LogP contribution in [0.15, 0.2) is 58.8 Å². The highest BCUT2D eigenvalue weighted by Gasteiger charge is 2.31. The van der Waals surface area contributed by atoms with Crippen LogP contribution >= 0.6 is 0 Å². The number of halogens is 6. The summed E-state index contributed by atoms with van der Waals surface area (Å²) in [4.78, 5) is 12.4. The van der Waals surface area contributed by atoms with Gasteiger partial charge in [0.05, 0.1) is 13.2 Å². The molecule has 10 nitrogen and oxygen atoms in total. The second-order valence-electron chi connectivity index (χ2n) is 6.99. The molecule has 0 unspecified atom stereocenters. The van der Waals surface area contributed by atoms with E-state index in [1.54, 1.807) is 0 Å². The normalized spacial score (nSPS) is 12.0. The number of alkyl halides is 6. The molecule has 16 heteroatoms. The molecular formula is C21H19F6N7O3. The average Bonchev–Trinajstić information content (AvgIpc) is 2.80. The van der Waals surface area contributed by atoms with Crippen LogP contribution in [0, 0.1) is 0 Å². The summed E-state index contributed by atoms with van der Waals surface area (Å²) in [7, 11) is 1.51. The Morgan fingerprint density at radius 3 is 1.92 bits per heavy atom. The van der Waals surface area contributed by atoms with Crippen LogP contribution in [0.1, 0.15) is 5.56 Å². The summed E-state index contributed by atoms with van der Waals surface area (Å²) in [6.07, 6.45) is -9.61. The summed E-state index contributed by atoms with van der Waals surface area (Å²) in [5.41, 5.74) is 0.901. The lowest BCUT2D eigenvalue weighted by Crippen LogP contribution is -2.17. The molecule has 37 heavy (non-hydrogen) atoms. The number of methoxy groups -OCH3 is 1. The Bertz CT molecular complexity index is 1170. The van der Waals surface area contributed by atoms with E-state index in [4.69, 9.17) is 4.74 Å². The quantitative estimate of drug-likeness (QED) is 0.183. The van der Waals surface area contributed by atoms with Crippen LogP contribution in [0.3, 0.4) is 0 Å². The van der Waals surface area contributed by atoms with Crippen molar-refractivity contribution in [2.45, 2.75) is 19.3 Å². The second-order valence-corrected chi connectivity index (χ2v) is 6.99. The molecule has 0 amide bonds. The maximum Gasteiger partial charge on any atom is 0.573 e. The minimum atomic E-state index is -4.81. The molecule has 0 fully saturated rings. The van der Waals surface area contributed by atoms with E-state index in [9.17, 15) is 26.3 Å². The zero-order valence-corrected chi connectivity index (χ0v) is 19.0. The number of nitrogens with zero attached hydrogens (tertiary/aromatic N) is 5. The van der Waals surface area contributed by atoms with Crippen LogP contribution in [0.2, 0.25) is 0 Å². The Balaban J connectivity index is 1.71. The van der Waals surface area contributed by atoms with Crippen molar-refractivity contribution < 1.29 is 40.6 Å². The molecule has 0 radical (unpaired) electrons. The summed E-state index contributed by atoms with van der Waals surface area (Å²) in [5, 5.41) is 13.6. The van der Waals surface area contributed by atoms with Crippen LogP contribution in [0.4, 0.5) is 49.9 Å². The molecule has 1 heterocycles. The number of hydrogen-bond donors (Lipinski definition) is 2. The lowest BCUT2D eigenvalue weighted by atomic mass is 10.2. The van der Waals surface area contributed by atoms with E-state index in [1.807, 2.05) is 0 Å². The Hall–Kier alpha value is -4.21. The van der Waals surface area contributed by atoms with Gasteiger partial charge in [-0.1, -0.05) is 12.1 Å². The van der Waals surface area contributed by atoms with Gasteiger partial charge in [0.2, 0.25) is 11.9 Å². The lowest BCUT2D eigenvalue weighted by molar-refractivity contribution is -0.275. The van der Waals surface area contributed by atoms with E-state index < -0.39 is 18.5 Å². The van der Waals surface area contributed by atoms with Crippen molar-refractivity contribution >= 4 is 23.5 Å². The van der Waals surface area contributed by atoms with Crippen LogP contribution < -0.4 is 20.1 Å². The fourth-order valence-corrected chi connectivity index (χ4v) is 2.66. The van der Waals surface area contributed by atoms with E-state index in [2.05, 4.69) is 45.3 Å². The SMILES string of the molecule is COCCNc1nc(N=NCc2ccc(OC(F)(F)F)cc2)nc(Nc2ccc(OC(F)(F)F)cc2)n1. The maximum atomic E-state index is 12.3. The first kappa shape index (κ1) is 27.4. The number of aromatic nitrogens is 3. The van der Waals surface area contributed by atoms with Gasteiger partial charge in [-0.25, -0.2) is 0 Å². The highest BCUT2D eigenvalue weighted by molar-refractivity contribution is 5.56. The number of rotatable bonds is 11. The van der Waals surface area contributed by atoms with E-state index in [0.29, 0.717) is 24.4 Å². The molecule has 0 aliphatic heterocycles. The highest BCUT2D eigenvalue weighted by Crippen LogP contribution is 2.26. The summed E-state index contributed by atoms with van der Waals surface area (Å²) in [6.45, 7) is 0.709. The summed E-state index contributed by atoms with van der Waals surface area (Å²) in [5.74, 6) is -0.739. The molecule has 3 aromatic rings. The zero-order valence-electron chi connectivity index (χ0n) is 19.0. The lowest BCUT2D eigenvalue weighted by Gasteiger charge is -2.11. The van der Waals surface area contributed by atoms with E-state index in [1.165, 1.54) is 31.4 Å². The van der Waals surface area contributed by atoms with E-state index in [-0.39, 0.29) is 30.1 Å². The molecule has 0 atom stereocenters. The Morgan fingerprint density at radius 1 is 0.784 bits per heavy atom. The molecule has 0 aliphatic carbocycles. The van der Waals surface area contributed by atoms with Gasteiger partial charge in [-0.15, -0.1) is 31.5 Å². The van der Waals surface area contributed by atoms with Crippen molar-refractivity contribution in [1.82, 2.24) is 15.0 Å². The first-order valence-corrected chi connectivity index (χ1v) is 10.3. The molecule has 2 aromatic carbocycles. The number of ether oxygens (including phenoxy) is 3. The van der Waals surface area contributed by atoms with Gasteiger partial charge in [-0.3, -0.25) is 0 Å². The number of nitrogens with one attached hydrogen (secondary N) is 2. The van der Waals surface area contributed by atoms with E-state index in [0.717, 1.165) is 24.3 Å². The summed E-state index contributed by atoms with van der Waals surface area (Å²) >= 11 is 0. The second kappa shape index (κ2) is 12.2. The third-order valence-corrected chi connectivity index (χ3v) is 4.13. The van der Waals surface area contributed by atoms with Crippen LogP contribution in [-0.2, 0) is 11.3 Å². The number of hydrogen-bond acceptors (Lipinski definition) is 10. The molecule has 0 saturated carbocycles. The topological polar surface area (TPSA) is 115 Å². The molecular weight excluding hydrogens is 512 g/mol. The number of anilines is 3. The third kappa shape index (κ3) is 10.1. The van der Waals surface area contributed by atoms with Gasteiger partial charge in [0.15, 0.2) is 0 Å². The minimum absolute atomic E-state index is 0.00778. The highest BCUT2D eigenvalue weighted by atomic mass is 19.4. The van der Waals surface area contributed by atoms with Gasteiger partial charge in [0, 0.05) is 19.3 Å². The fraction of sp³-hybridized carbons (Fsp3) is 0.286. The smallest absolute Gasteiger partial charge is 0.406 e. The van der Waals surface area contributed by atoms with Gasteiger partial charge in [-0.2, -0.15) is 20.1 Å². The molecule has 1 aromatic heterocycles. The van der Waals surface area contributed by atoms with Crippen molar-refractivity contribution in [2.24, 2.45) is 10.2 Å². The molecule has 198 valence electrons. The van der Waals surface area contributed by atoms with Crippen LogP contribution in [0.25, 0.3) is 0 Å². The Kier molecular flexibility index (Phi) is 9.00. The molecule has 2 N–H and O–H groups in total. The van der Waals surface area contributed by atoms with Crippen molar-refractivity contribution in [3.63, 3.8) is 0 Å². The molecule has 3 rings (SSSR count). The third-order valence-electron chi connectivity index (χ3n) is 4.13. The standard InChI is InChI=1S/C21H19F6N7O3/c1-35-11-10-28-17-31-18(30-14-4-8-16(9-5-14)37-21(25,26)27)33-19(32-17)34-29-12-13-2-6-15(7-3-13)36-20(22,23)24/h2-9H,10-12H2,1H3,(H2,28,30,31,32,33). The van der Waals surface area contributed by atoms with Crippen molar-refractivity contribution in [1.29, 1.82) is 0 Å². The largest absolute Gasteiger partial charge is 0.573 e. The number of azo groups is 1. The van der Waals surface area contributed by atoms with Gasteiger partial charge in [0.1, 0.15) is 11.5 Å². The van der Waals surface area contributed by atoms with Gasteiger partial charge in [0.25, 0.3) is 5.95 Å². The molecule has 0 spiro atoms. The first-order valence-electron chi connectivity index (χ1n) is 10.3. The van der Waals surface area contributed by atoms with Gasteiger partial charge in [-0.05, 0) is 42.0 Å². The van der Waals surface area contributed by atoms with Crippen LogP contribution in [0.5, 0.6) is 11.5 Å². The predicted octanol–water partition coefficient (Wildman–Crippen LogP) is 5.75. The van der Waals surface area contributed by atoms with Crippen LogP contribution in [-0.4, -0.2) is 47.9 Å². The van der Waals surface area contributed by atoms with Gasteiger partial charge >= 0.3 is 12.7 Å². The molecule has 0 bridgehead atoms. The molecule has 0 saturated heterocycles. The minimum Gasteiger partial charge on any atom is -0.406 e. The Labute approximate surface area is 205 Å². The monoisotopic (exact) mass is 531 g/mol. The van der Waals surface area contributed by atoms with Crippen molar-refractivity contribution in [3.05, 3.63) is 54.1 Å².